The molecular formula is C19H14Cl2N2O. The van der Waals surface area contributed by atoms with E-state index in [0.717, 1.165) is 22.4 Å². The summed E-state index contributed by atoms with van der Waals surface area (Å²) in [6.45, 7) is 2.00. The monoisotopic (exact) mass is 356 g/mol. The summed E-state index contributed by atoms with van der Waals surface area (Å²) in [7, 11) is 0. The Bertz CT molecular complexity index is 920. The zero-order valence-electron chi connectivity index (χ0n) is 12.9. The van der Waals surface area contributed by atoms with Gasteiger partial charge in [0.25, 0.3) is 0 Å². The number of halogens is 2. The average molecular weight is 357 g/mol. The fourth-order valence-corrected chi connectivity index (χ4v) is 4.37. The highest BCUT2D eigenvalue weighted by molar-refractivity contribution is 6.32. The smallest absolute Gasteiger partial charge is 0.184 e. The molecule has 5 heteroatoms. The zero-order chi connectivity index (χ0) is 17.1. The molecule has 0 spiro atoms. The van der Waals surface area contributed by atoms with Gasteiger partial charge in [-0.2, -0.15) is 5.26 Å². The van der Waals surface area contributed by atoms with Gasteiger partial charge >= 0.3 is 0 Å². The van der Waals surface area contributed by atoms with Gasteiger partial charge in [0, 0.05) is 27.2 Å². The minimum absolute atomic E-state index is 0.0715. The lowest BCUT2D eigenvalue weighted by Crippen LogP contribution is -2.29. The van der Waals surface area contributed by atoms with Crippen molar-refractivity contribution in [3.8, 4) is 6.19 Å². The van der Waals surface area contributed by atoms with Gasteiger partial charge in [-0.15, -0.1) is 0 Å². The van der Waals surface area contributed by atoms with Crippen LogP contribution in [0.4, 0.5) is 0 Å². The van der Waals surface area contributed by atoms with E-state index in [1.165, 1.54) is 0 Å². The molecule has 1 N–H and O–H groups in total. The molecule has 2 unspecified atom stereocenters. The van der Waals surface area contributed by atoms with E-state index in [2.05, 4.69) is 6.19 Å². The van der Waals surface area contributed by atoms with Crippen LogP contribution in [0, 0.1) is 11.5 Å². The third kappa shape index (κ3) is 2.01. The van der Waals surface area contributed by atoms with Crippen LogP contribution in [0.2, 0.25) is 5.02 Å². The van der Waals surface area contributed by atoms with E-state index in [9.17, 15) is 10.4 Å². The summed E-state index contributed by atoms with van der Waals surface area (Å²) in [5, 5.41) is 21.9. The number of nitriles is 1. The molecule has 2 atom stereocenters. The Labute approximate surface area is 150 Å². The Balaban J connectivity index is 1.97. The van der Waals surface area contributed by atoms with Crippen LogP contribution in [-0.4, -0.2) is 16.0 Å². The van der Waals surface area contributed by atoms with E-state index in [1.54, 1.807) is 23.1 Å². The van der Waals surface area contributed by atoms with Crippen molar-refractivity contribution in [1.82, 2.24) is 4.90 Å². The Kier molecular flexibility index (Phi) is 3.40. The minimum Gasteiger partial charge on any atom is -0.377 e. The van der Waals surface area contributed by atoms with Crippen LogP contribution in [0.3, 0.4) is 0 Å². The maximum Gasteiger partial charge on any atom is 0.184 e. The second kappa shape index (κ2) is 5.26. The fourth-order valence-electron chi connectivity index (χ4n) is 3.82. The molecule has 24 heavy (non-hydrogen) atoms. The molecule has 4 rings (SSSR count). The molecule has 120 valence electrons. The predicted molar refractivity (Wildman–Crippen MR) is 94.0 cm³/mol. The third-order valence-corrected chi connectivity index (χ3v) is 5.35. The van der Waals surface area contributed by atoms with Crippen LogP contribution < -0.4 is 0 Å². The van der Waals surface area contributed by atoms with Crippen molar-refractivity contribution in [1.29, 1.82) is 5.26 Å². The van der Waals surface area contributed by atoms with Gasteiger partial charge in [0.1, 0.15) is 5.60 Å². The lowest BCUT2D eigenvalue weighted by molar-refractivity contribution is 0.130. The molecule has 0 aromatic heterocycles. The molecule has 0 bridgehead atoms. The Morgan fingerprint density at radius 3 is 2.75 bits per heavy atom. The van der Waals surface area contributed by atoms with Crippen LogP contribution in [-0.2, 0) is 5.60 Å². The summed E-state index contributed by atoms with van der Waals surface area (Å²) >= 11 is 12.6. The lowest BCUT2D eigenvalue weighted by Gasteiger charge is -2.32. The molecule has 1 aromatic rings. The molecule has 1 fully saturated rings. The standard InChI is InChI=1S/C19H14Cl2N2O/c1-11-6-14-17(23(11)10-22)8-12-7-13(20)9-19(24,18(12)14)15-4-2-3-5-16(15)21/h2-5,7-9,11,24H,6H2,1H3. The number of aliphatic hydroxyl groups is 1. The Morgan fingerprint density at radius 1 is 1.29 bits per heavy atom. The predicted octanol–water partition coefficient (Wildman–Crippen LogP) is 4.36. The van der Waals surface area contributed by atoms with Gasteiger partial charge in [-0.25, -0.2) is 0 Å². The molecule has 3 aliphatic rings. The highest BCUT2D eigenvalue weighted by atomic mass is 35.5. The van der Waals surface area contributed by atoms with Crippen molar-refractivity contribution in [2.45, 2.75) is 25.0 Å². The number of allylic oxidation sites excluding steroid dienone is 4. The van der Waals surface area contributed by atoms with E-state index < -0.39 is 5.60 Å². The molecule has 1 heterocycles. The van der Waals surface area contributed by atoms with Crippen molar-refractivity contribution in [2.24, 2.45) is 0 Å². The summed E-state index contributed by atoms with van der Waals surface area (Å²) in [6.07, 6.45) is 8.30. The van der Waals surface area contributed by atoms with Crippen molar-refractivity contribution in [3.63, 3.8) is 0 Å². The molecule has 1 aromatic carbocycles. The quantitative estimate of drug-likeness (QED) is 0.760. The van der Waals surface area contributed by atoms with Gasteiger partial charge < -0.3 is 5.11 Å². The van der Waals surface area contributed by atoms with Crippen molar-refractivity contribution in [3.05, 3.63) is 80.5 Å². The summed E-state index contributed by atoms with van der Waals surface area (Å²) in [5.41, 5.74) is 2.63. The molecule has 1 saturated heterocycles. The summed E-state index contributed by atoms with van der Waals surface area (Å²) in [6, 6.07) is 7.29. The first-order chi connectivity index (χ1) is 11.5. The van der Waals surface area contributed by atoms with E-state index in [-0.39, 0.29) is 6.04 Å². The first kappa shape index (κ1) is 15.5. The number of benzene rings is 1. The first-order valence-corrected chi connectivity index (χ1v) is 8.44. The molecule has 1 aliphatic heterocycles. The SMILES string of the molecule is CC1CC2=C3C(=CC(Cl)=CC3(O)c3ccccc3Cl)C=C2N1C#N. The van der Waals surface area contributed by atoms with Gasteiger partial charge in [-0.3, -0.25) is 4.90 Å². The molecule has 0 amide bonds. The molecule has 0 saturated carbocycles. The number of hydrogen-bond acceptors (Lipinski definition) is 3. The number of hydrogen-bond donors (Lipinski definition) is 1. The van der Waals surface area contributed by atoms with Crippen molar-refractivity contribution >= 4 is 23.2 Å². The normalized spacial score (nSPS) is 28.0. The summed E-state index contributed by atoms with van der Waals surface area (Å²) in [4.78, 5) is 1.68. The van der Waals surface area contributed by atoms with Crippen molar-refractivity contribution in [2.75, 3.05) is 0 Å². The lowest BCUT2D eigenvalue weighted by atomic mass is 9.78. The van der Waals surface area contributed by atoms with Crippen LogP contribution in [0.25, 0.3) is 0 Å². The second-order valence-corrected chi connectivity index (χ2v) is 7.13. The van der Waals surface area contributed by atoms with Gasteiger partial charge in [0.2, 0.25) is 0 Å². The van der Waals surface area contributed by atoms with E-state index in [4.69, 9.17) is 23.2 Å². The molecule has 3 nitrogen and oxygen atoms in total. The average Bonchev–Trinajstić information content (AvgIpc) is 3.01. The van der Waals surface area contributed by atoms with Crippen LogP contribution >= 0.6 is 23.2 Å². The summed E-state index contributed by atoms with van der Waals surface area (Å²) < 4.78 is 0. The minimum atomic E-state index is -1.40. The highest BCUT2D eigenvalue weighted by Crippen LogP contribution is 2.52. The van der Waals surface area contributed by atoms with E-state index >= 15 is 0 Å². The molecule has 0 radical (unpaired) electrons. The van der Waals surface area contributed by atoms with Crippen molar-refractivity contribution < 1.29 is 5.11 Å². The van der Waals surface area contributed by atoms with Crippen LogP contribution in [0.15, 0.2) is 69.9 Å². The largest absolute Gasteiger partial charge is 0.377 e. The maximum atomic E-state index is 11.6. The van der Waals surface area contributed by atoms with Gasteiger partial charge in [-0.05, 0) is 48.8 Å². The first-order valence-electron chi connectivity index (χ1n) is 7.68. The van der Waals surface area contributed by atoms with Gasteiger partial charge in [0.15, 0.2) is 6.19 Å². The van der Waals surface area contributed by atoms with Crippen LogP contribution in [0.1, 0.15) is 18.9 Å². The van der Waals surface area contributed by atoms with E-state index in [0.29, 0.717) is 22.0 Å². The molecular weight excluding hydrogens is 343 g/mol. The second-order valence-electron chi connectivity index (χ2n) is 6.28. The Morgan fingerprint density at radius 2 is 2.04 bits per heavy atom. The number of likely N-dealkylation sites (tertiary alicyclic amines) is 1. The Hall–Kier alpha value is -1.99. The fraction of sp³-hybridized carbons (Fsp3) is 0.211. The number of fused-ring (bicyclic) bond motifs is 2. The van der Waals surface area contributed by atoms with E-state index in [1.807, 2.05) is 31.2 Å². The van der Waals surface area contributed by atoms with Crippen LogP contribution in [0.5, 0.6) is 0 Å². The highest BCUT2D eigenvalue weighted by Gasteiger charge is 2.46. The number of rotatable bonds is 1. The van der Waals surface area contributed by atoms with Gasteiger partial charge in [-0.1, -0.05) is 41.4 Å². The maximum absolute atomic E-state index is 11.6. The topological polar surface area (TPSA) is 47.3 Å². The third-order valence-electron chi connectivity index (χ3n) is 4.81. The van der Waals surface area contributed by atoms with Gasteiger partial charge in [0.05, 0.1) is 5.70 Å². The molecule has 2 aliphatic carbocycles. The summed E-state index contributed by atoms with van der Waals surface area (Å²) in [5.74, 6) is 0. The zero-order valence-corrected chi connectivity index (χ0v) is 14.4. The number of nitrogens with zero attached hydrogens (tertiary/aromatic N) is 2.